The number of hydrogen-bond acceptors (Lipinski definition) is 2. The van der Waals surface area contributed by atoms with Crippen molar-refractivity contribution in [3.8, 4) is 0 Å². The van der Waals surface area contributed by atoms with Crippen molar-refractivity contribution in [2.45, 2.75) is 12.6 Å². The van der Waals surface area contributed by atoms with Crippen LogP contribution < -0.4 is 0 Å². The van der Waals surface area contributed by atoms with Gasteiger partial charge in [0.1, 0.15) is 6.23 Å². The van der Waals surface area contributed by atoms with Gasteiger partial charge in [-0.25, -0.2) is 0 Å². The van der Waals surface area contributed by atoms with Crippen molar-refractivity contribution in [2.24, 2.45) is 0 Å². The summed E-state index contributed by atoms with van der Waals surface area (Å²) in [6, 6.07) is 0. The van der Waals surface area contributed by atoms with E-state index in [1.54, 1.807) is 0 Å². The molecule has 51 valence electrons. The maximum atomic E-state index is 8.96. The highest BCUT2D eigenvalue weighted by molar-refractivity contribution is 4.91. The summed E-state index contributed by atoms with van der Waals surface area (Å²) in [7, 11) is 0. The second kappa shape index (κ2) is 2.99. The zero-order valence-electron chi connectivity index (χ0n) is 5.45. The molecule has 1 aliphatic rings. The second-order valence-electron chi connectivity index (χ2n) is 2.24. The highest BCUT2D eigenvalue weighted by atomic mass is 16.3. The van der Waals surface area contributed by atoms with Crippen molar-refractivity contribution in [1.82, 2.24) is 4.90 Å². The molecule has 0 bridgehead atoms. The van der Waals surface area contributed by atoms with Crippen LogP contribution in [0.1, 0.15) is 6.42 Å². The van der Waals surface area contributed by atoms with Crippen molar-refractivity contribution in [2.75, 3.05) is 13.1 Å². The summed E-state index contributed by atoms with van der Waals surface area (Å²) in [5.41, 5.74) is 0. The van der Waals surface area contributed by atoms with Gasteiger partial charge in [0.15, 0.2) is 0 Å². The Morgan fingerprint density at radius 3 is 2.67 bits per heavy atom. The normalized spacial score (nSPS) is 24.2. The molecule has 0 aromatic rings. The fourth-order valence-corrected chi connectivity index (χ4v) is 0.930. The average molecular weight is 126 g/mol. The maximum Gasteiger partial charge on any atom is 0.107 e. The fourth-order valence-electron chi connectivity index (χ4n) is 0.930. The topological polar surface area (TPSA) is 23.5 Å². The average Bonchev–Trinajstić information content (AvgIpc) is 1.90. The lowest BCUT2D eigenvalue weighted by Crippen LogP contribution is -2.35. The first-order valence-electron chi connectivity index (χ1n) is 3.21. The minimum Gasteiger partial charge on any atom is -0.378 e. The maximum absolute atomic E-state index is 8.96. The molecule has 1 atom stereocenters. The molecule has 1 aliphatic heterocycles. The minimum absolute atomic E-state index is 0.532. The molecule has 0 aromatic heterocycles. The summed E-state index contributed by atoms with van der Waals surface area (Å²) in [6.45, 7) is 5.28. The molecular formula is C7H12NO. The van der Waals surface area contributed by atoms with Gasteiger partial charge in [0, 0.05) is 13.1 Å². The van der Waals surface area contributed by atoms with Crippen LogP contribution in [0.4, 0.5) is 0 Å². The SMILES string of the molecule is [CH2]C(O)N1CC=CCC1. The zero-order chi connectivity index (χ0) is 6.69. The zero-order valence-corrected chi connectivity index (χ0v) is 5.45. The van der Waals surface area contributed by atoms with Gasteiger partial charge < -0.3 is 5.11 Å². The molecule has 0 saturated carbocycles. The predicted molar refractivity (Wildman–Crippen MR) is 36.7 cm³/mol. The number of hydrogen-bond donors (Lipinski definition) is 1. The van der Waals surface area contributed by atoms with E-state index in [-0.39, 0.29) is 0 Å². The highest BCUT2D eigenvalue weighted by Gasteiger charge is 2.09. The van der Waals surface area contributed by atoms with E-state index in [9.17, 15) is 0 Å². The van der Waals surface area contributed by atoms with Crippen LogP contribution in [0.3, 0.4) is 0 Å². The Hall–Kier alpha value is -0.340. The van der Waals surface area contributed by atoms with Crippen LogP contribution in [0.25, 0.3) is 0 Å². The molecule has 2 nitrogen and oxygen atoms in total. The van der Waals surface area contributed by atoms with Crippen LogP contribution >= 0.6 is 0 Å². The molecule has 1 N–H and O–H groups in total. The van der Waals surface area contributed by atoms with E-state index < -0.39 is 6.23 Å². The third-order valence-corrected chi connectivity index (χ3v) is 1.51. The Morgan fingerprint density at radius 2 is 2.33 bits per heavy atom. The molecule has 1 rings (SSSR count). The fraction of sp³-hybridized carbons (Fsp3) is 0.571. The molecular weight excluding hydrogens is 114 g/mol. The van der Waals surface area contributed by atoms with Gasteiger partial charge >= 0.3 is 0 Å². The van der Waals surface area contributed by atoms with Crippen LogP contribution in [-0.4, -0.2) is 29.3 Å². The smallest absolute Gasteiger partial charge is 0.107 e. The van der Waals surface area contributed by atoms with Crippen molar-refractivity contribution in [3.63, 3.8) is 0 Å². The lowest BCUT2D eigenvalue weighted by atomic mass is 10.2. The summed E-state index contributed by atoms with van der Waals surface area (Å²) in [6.07, 6.45) is 4.68. The van der Waals surface area contributed by atoms with Gasteiger partial charge in [-0.2, -0.15) is 0 Å². The molecule has 0 fully saturated rings. The highest BCUT2D eigenvalue weighted by Crippen LogP contribution is 2.02. The Kier molecular flexibility index (Phi) is 2.25. The first kappa shape index (κ1) is 6.78. The van der Waals surface area contributed by atoms with Gasteiger partial charge in [-0.1, -0.05) is 12.2 Å². The Morgan fingerprint density at radius 1 is 1.56 bits per heavy atom. The van der Waals surface area contributed by atoms with Crippen LogP contribution in [0, 0.1) is 6.92 Å². The minimum atomic E-state index is -0.532. The van der Waals surface area contributed by atoms with Crippen LogP contribution in [-0.2, 0) is 0 Å². The van der Waals surface area contributed by atoms with E-state index in [0.29, 0.717) is 0 Å². The monoisotopic (exact) mass is 126 g/mol. The van der Waals surface area contributed by atoms with E-state index in [4.69, 9.17) is 5.11 Å². The van der Waals surface area contributed by atoms with Gasteiger partial charge in [0.2, 0.25) is 0 Å². The standard InChI is InChI=1S/C7H12NO/c1-7(9)8-5-3-2-4-6-8/h2-3,7,9H,1,4-6H2. The Labute approximate surface area is 55.8 Å². The van der Waals surface area contributed by atoms with Crippen LogP contribution in [0.5, 0.6) is 0 Å². The lowest BCUT2D eigenvalue weighted by molar-refractivity contribution is 0.0471. The summed E-state index contributed by atoms with van der Waals surface area (Å²) in [5, 5.41) is 8.96. The second-order valence-corrected chi connectivity index (χ2v) is 2.24. The molecule has 0 aliphatic carbocycles. The van der Waals surface area contributed by atoms with E-state index >= 15 is 0 Å². The quantitative estimate of drug-likeness (QED) is 0.514. The first-order chi connectivity index (χ1) is 4.30. The van der Waals surface area contributed by atoms with Gasteiger partial charge in [0.25, 0.3) is 0 Å². The van der Waals surface area contributed by atoms with Crippen molar-refractivity contribution >= 4 is 0 Å². The Balaban J connectivity index is 2.35. The third kappa shape index (κ3) is 1.80. The number of aliphatic hydroxyl groups is 1. The first-order valence-corrected chi connectivity index (χ1v) is 3.21. The van der Waals surface area contributed by atoms with E-state index in [1.165, 1.54) is 0 Å². The number of nitrogens with zero attached hydrogens (tertiary/aromatic N) is 1. The summed E-state index contributed by atoms with van der Waals surface area (Å²) < 4.78 is 0. The summed E-state index contributed by atoms with van der Waals surface area (Å²) in [4.78, 5) is 1.92. The number of aliphatic hydroxyl groups excluding tert-OH is 1. The van der Waals surface area contributed by atoms with E-state index in [0.717, 1.165) is 19.5 Å². The third-order valence-electron chi connectivity index (χ3n) is 1.51. The van der Waals surface area contributed by atoms with Crippen LogP contribution in [0.2, 0.25) is 0 Å². The molecule has 1 radical (unpaired) electrons. The van der Waals surface area contributed by atoms with E-state index in [2.05, 4.69) is 19.1 Å². The molecule has 9 heavy (non-hydrogen) atoms. The molecule has 1 unspecified atom stereocenters. The Bertz CT molecular complexity index is 109. The molecule has 2 heteroatoms. The molecule has 0 aromatic carbocycles. The van der Waals surface area contributed by atoms with Gasteiger partial charge in [-0.05, 0) is 13.3 Å². The van der Waals surface area contributed by atoms with Crippen LogP contribution in [0.15, 0.2) is 12.2 Å². The molecule has 1 heterocycles. The molecule has 0 amide bonds. The van der Waals surface area contributed by atoms with Crippen molar-refractivity contribution in [3.05, 3.63) is 19.1 Å². The van der Waals surface area contributed by atoms with Gasteiger partial charge in [0.05, 0.1) is 0 Å². The van der Waals surface area contributed by atoms with E-state index in [1.807, 2.05) is 4.90 Å². The number of rotatable bonds is 1. The molecule has 0 spiro atoms. The largest absolute Gasteiger partial charge is 0.378 e. The predicted octanol–water partition coefficient (Wildman–Crippen LogP) is 0.401. The van der Waals surface area contributed by atoms with Gasteiger partial charge in [-0.3, -0.25) is 4.90 Å². The summed E-state index contributed by atoms with van der Waals surface area (Å²) >= 11 is 0. The molecule has 0 saturated heterocycles. The lowest BCUT2D eigenvalue weighted by Gasteiger charge is -2.25. The summed E-state index contributed by atoms with van der Waals surface area (Å²) in [5.74, 6) is 0. The van der Waals surface area contributed by atoms with Crippen molar-refractivity contribution in [1.29, 1.82) is 0 Å². The van der Waals surface area contributed by atoms with Crippen molar-refractivity contribution < 1.29 is 5.11 Å². The van der Waals surface area contributed by atoms with Gasteiger partial charge in [-0.15, -0.1) is 0 Å².